The van der Waals surface area contributed by atoms with Crippen LogP contribution >= 0.6 is 0 Å². The van der Waals surface area contributed by atoms with Crippen molar-refractivity contribution in [2.75, 3.05) is 57.1 Å². The van der Waals surface area contributed by atoms with Gasteiger partial charge in [-0.3, -0.25) is 14.4 Å². The van der Waals surface area contributed by atoms with E-state index in [0.29, 0.717) is 23.1 Å². The third-order valence-corrected chi connectivity index (χ3v) is 8.44. The van der Waals surface area contributed by atoms with Crippen LogP contribution in [0, 0.1) is 25.7 Å². The molecule has 0 unspecified atom stereocenters. The molecular weight excluding hydrogens is 564 g/mol. The Morgan fingerprint density at radius 1 is 0.978 bits per heavy atom. The molecule has 0 spiro atoms. The van der Waals surface area contributed by atoms with Gasteiger partial charge in [0, 0.05) is 81.3 Å². The smallest absolute Gasteiger partial charge is 0.255 e. The molecule has 0 bridgehead atoms. The third-order valence-electron chi connectivity index (χ3n) is 8.44. The highest BCUT2D eigenvalue weighted by Crippen LogP contribution is 2.25. The van der Waals surface area contributed by atoms with Crippen molar-refractivity contribution in [1.82, 2.24) is 29.5 Å². The number of aryl methyl sites for hydroxylation is 2. The summed E-state index contributed by atoms with van der Waals surface area (Å²) in [6.07, 6.45) is 7.32. The van der Waals surface area contributed by atoms with E-state index in [1.165, 1.54) is 5.56 Å². The second kappa shape index (κ2) is 14.0. The van der Waals surface area contributed by atoms with Gasteiger partial charge < -0.3 is 20.3 Å². The first-order valence-electron chi connectivity index (χ1n) is 15.6. The van der Waals surface area contributed by atoms with Gasteiger partial charge in [0.1, 0.15) is 0 Å². The summed E-state index contributed by atoms with van der Waals surface area (Å²) >= 11 is 0. The van der Waals surface area contributed by atoms with Gasteiger partial charge >= 0.3 is 0 Å². The standard InChI is InChI=1S/C35H40N8O2/c1-25-4-8-30(34(44)38-31-10-6-27(7-11-31)23-42-16-14-41(3)15-17-42)20-29(25)9-5-28-21-36-35(37-22-28)39-33-24-43(40-26(33)2)32-12-18-45-19-13-32/h4,6-8,10-11,20-22,24,32H,12-19,23H2,1-3H3,(H,38,44)(H,36,37,39). The first-order valence-corrected chi connectivity index (χ1v) is 15.6. The van der Waals surface area contributed by atoms with Gasteiger partial charge in [0.25, 0.3) is 5.91 Å². The summed E-state index contributed by atoms with van der Waals surface area (Å²) in [4.78, 5) is 26.8. The van der Waals surface area contributed by atoms with E-state index in [4.69, 9.17) is 4.74 Å². The minimum atomic E-state index is -0.168. The van der Waals surface area contributed by atoms with Gasteiger partial charge in [-0.25, -0.2) is 9.97 Å². The average Bonchev–Trinajstić information content (AvgIpc) is 3.43. The highest BCUT2D eigenvalue weighted by atomic mass is 16.5. The van der Waals surface area contributed by atoms with Gasteiger partial charge in [0.15, 0.2) is 0 Å². The summed E-state index contributed by atoms with van der Waals surface area (Å²) in [5.74, 6) is 6.65. The minimum absolute atomic E-state index is 0.168. The molecule has 10 heteroatoms. The van der Waals surface area contributed by atoms with Gasteiger partial charge in [0.2, 0.25) is 5.95 Å². The first-order chi connectivity index (χ1) is 21.9. The minimum Gasteiger partial charge on any atom is -0.381 e. The van der Waals surface area contributed by atoms with Crippen LogP contribution in [0.3, 0.4) is 0 Å². The van der Waals surface area contributed by atoms with E-state index in [1.807, 2.05) is 55.1 Å². The Balaban J connectivity index is 1.06. The van der Waals surface area contributed by atoms with Crippen LogP contribution in [0.4, 0.5) is 17.3 Å². The summed E-state index contributed by atoms with van der Waals surface area (Å²) < 4.78 is 7.49. The molecule has 6 rings (SSSR count). The van der Waals surface area contributed by atoms with Crippen LogP contribution < -0.4 is 10.6 Å². The summed E-state index contributed by atoms with van der Waals surface area (Å²) in [6, 6.07) is 14.0. The number of hydrogen-bond donors (Lipinski definition) is 2. The van der Waals surface area contributed by atoms with Gasteiger partial charge in [0.05, 0.1) is 23.0 Å². The maximum absolute atomic E-state index is 13.1. The van der Waals surface area contributed by atoms with E-state index in [9.17, 15) is 4.79 Å². The zero-order chi connectivity index (χ0) is 31.2. The number of aromatic nitrogens is 4. The van der Waals surface area contributed by atoms with E-state index >= 15 is 0 Å². The van der Waals surface area contributed by atoms with Crippen LogP contribution in [-0.4, -0.2) is 81.9 Å². The summed E-state index contributed by atoms with van der Waals surface area (Å²) in [5, 5.41) is 11.0. The van der Waals surface area contributed by atoms with E-state index < -0.39 is 0 Å². The van der Waals surface area contributed by atoms with E-state index in [2.05, 4.69) is 66.5 Å². The zero-order valence-electron chi connectivity index (χ0n) is 26.2. The maximum Gasteiger partial charge on any atom is 0.255 e. The molecule has 2 aromatic carbocycles. The van der Waals surface area contributed by atoms with Crippen LogP contribution in [0.2, 0.25) is 0 Å². The number of nitrogens with one attached hydrogen (secondary N) is 2. The fourth-order valence-electron chi connectivity index (χ4n) is 5.52. The largest absolute Gasteiger partial charge is 0.381 e. The van der Waals surface area contributed by atoms with Crippen molar-refractivity contribution < 1.29 is 9.53 Å². The Labute approximate surface area is 264 Å². The Morgan fingerprint density at radius 3 is 2.44 bits per heavy atom. The van der Waals surface area contributed by atoms with Crippen LogP contribution in [0.25, 0.3) is 0 Å². The van der Waals surface area contributed by atoms with Crippen LogP contribution in [-0.2, 0) is 11.3 Å². The predicted octanol–water partition coefficient (Wildman–Crippen LogP) is 4.78. The van der Waals surface area contributed by atoms with Crippen molar-refractivity contribution >= 4 is 23.2 Å². The van der Waals surface area contributed by atoms with Gasteiger partial charge in [-0.1, -0.05) is 30.0 Å². The molecular formula is C35H40N8O2. The monoisotopic (exact) mass is 604 g/mol. The number of carbonyl (C=O) groups excluding carboxylic acids is 1. The molecule has 1 amide bonds. The van der Waals surface area contributed by atoms with Gasteiger partial charge in [-0.15, -0.1) is 0 Å². The molecule has 2 fully saturated rings. The quantitative estimate of drug-likeness (QED) is 0.291. The summed E-state index contributed by atoms with van der Waals surface area (Å²) in [5.41, 5.74) is 6.80. The highest BCUT2D eigenvalue weighted by molar-refractivity contribution is 6.04. The Kier molecular flexibility index (Phi) is 9.50. The Hall–Kier alpha value is -4.56. The zero-order valence-corrected chi connectivity index (χ0v) is 26.2. The van der Waals surface area contributed by atoms with Crippen LogP contribution in [0.5, 0.6) is 0 Å². The number of anilines is 3. The Morgan fingerprint density at radius 2 is 1.71 bits per heavy atom. The Bertz CT molecular complexity index is 1670. The molecule has 0 aliphatic carbocycles. The van der Waals surface area contributed by atoms with E-state index in [-0.39, 0.29) is 5.91 Å². The molecule has 2 aliphatic heterocycles. The molecule has 2 saturated heterocycles. The normalized spacial score (nSPS) is 16.2. The maximum atomic E-state index is 13.1. The number of ether oxygens (including phenoxy) is 1. The molecule has 0 radical (unpaired) electrons. The number of rotatable bonds is 7. The molecule has 0 saturated carbocycles. The molecule has 10 nitrogen and oxygen atoms in total. The first kappa shape index (κ1) is 30.5. The van der Waals surface area contributed by atoms with Crippen molar-refractivity contribution in [2.45, 2.75) is 39.3 Å². The SMILES string of the molecule is Cc1ccc(C(=O)Nc2ccc(CN3CCN(C)CC3)cc2)cc1C#Cc1cnc(Nc2cn(C3CCOCC3)nc2C)nc1. The molecule has 2 aliphatic rings. The number of piperazine rings is 1. The second-order valence-corrected chi connectivity index (χ2v) is 11.9. The number of amides is 1. The lowest BCUT2D eigenvalue weighted by molar-refractivity contribution is 0.0662. The fourth-order valence-corrected chi connectivity index (χ4v) is 5.52. The lowest BCUT2D eigenvalue weighted by Crippen LogP contribution is -2.43. The molecule has 232 valence electrons. The lowest BCUT2D eigenvalue weighted by atomic mass is 10.0. The lowest BCUT2D eigenvalue weighted by Gasteiger charge is -2.32. The molecule has 45 heavy (non-hydrogen) atoms. The fraction of sp³-hybridized carbons (Fsp3) is 0.371. The predicted molar refractivity (Wildman–Crippen MR) is 176 cm³/mol. The molecule has 4 heterocycles. The number of hydrogen-bond acceptors (Lipinski definition) is 8. The molecule has 0 atom stereocenters. The average molecular weight is 605 g/mol. The number of likely N-dealkylation sites (N-methyl/N-ethyl adjacent to an activating group) is 1. The number of carbonyl (C=O) groups is 1. The van der Waals surface area contributed by atoms with E-state index in [0.717, 1.165) is 87.0 Å². The second-order valence-electron chi connectivity index (χ2n) is 11.9. The highest BCUT2D eigenvalue weighted by Gasteiger charge is 2.18. The van der Waals surface area contributed by atoms with Crippen molar-refractivity contribution in [3.63, 3.8) is 0 Å². The van der Waals surface area contributed by atoms with Gasteiger partial charge in [-0.05, 0) is 69.1 Å². The summed E-state index contributed by atoms with van der Waals surface area (Å²) in [6.45, 7) is 10.8. The van der Waals surface area contributed by atoms with Gasteiger partial charge in [-0.2, -0.15) is 5.10 Å². The topological polar surface area (TPSA) is 100 Å². The van der Waals surface area contributed by atoms with Crippen LogP contribution in [0.15, 0.2) is 61.1 Å². The van der Waals surface area contributed by atoms with Crippen LogP contribution in [0.1, 0.15) is 57.2 Å². The molecule has 2 aromatic heterocycles. The molecule has 2 N–H and O–H groups in total. The molecule has 4 aromatic rings. The number of nitrogens with zero attached hydrogens (tertiary/aromatic N) is 6. The van der Waals surface area contributed by atoms with Crippen molar-refractivity contribution in [2.24, 2.45) is 0 Å². The number of benzene rings is 2. The van der Waals surface area contributed by atoms with Crippen molar-refractivity contribution in [3.05, 3.63) is 94.6 Å². The third kappa shape index (κ3) is 7.94. The van der Waals surface area contributed by atoms with Crippen molar-refractivity contribution in [3.8, 4) is 11.8 Å². The van der Waals surface area contributed by atoms with E-state index in [1.54, 1.807) is 12.4 Å². The van der Waals surface area contributed by atoms with Crippen molar-refractivity contribution in [1.29, 1.82) is 0 Å². The summed E-state index contributed by atoms with van der Waals surface area (Å²) in [7, 11) is 2.16.